The molecule has 0 amide bonds. The maximum absolute atomic E-state index is 9.60. The van der Waals surface area contributed by atoms with Crippen LogP contribution in [0.5, 0.6) is 5.75 Å². The molecule has 0 saturated carbocycles. The molecule has 0 bridgehead atoms. The Morgan fingerprint density at radius 1 is 1.42 bits per heavy atom. The van der Waals surface area contributed by atoms with Crippen LogP contribution in [0.1, 0.15) is 24.4 Å². The van der Waals surface area contributed by atoms with Crippen LogP contribution in [0.3, 0.4) is 0 Å². The Labute approximate surface area is 119 Å². The van der Waals surface area contributed by atoms with Crippen LogP contribution in [-0.4, -0.2) is 41.3 Å². The molecule has 1 saturated heterocycles. The standard InChI is InChI=1S/C14H20N2O2S/c1-18-12-5-3-2-4-11(12)13(14(15)19)16-8-6-10(17)7-9-16/h2-5,10,13,17H,6-9H2,1H3,(H2,15,19). The van der Waals surface area contributed by atoms with E-state index >= 15 is 0 Å². The second kappa shape index (κ2) is 6.32. The molecule has 0 radical (unpaired) electrons. The number of ether oxygens (including phenoxy) is 1. The van der Waals surface area contributed by atoms with Gasteiger partial charge in [0.1, 0.15) is 5.75 Å². The Hall–Kier alpha value is -1.17. The van der Waals surface area contributed by atoms with Crippen molar-refractivity contribution in [3.05, 3.63) is 29.8 Å². The van der Waals surface area contributed by atoms with Crippen molar-refractivity contribution in [2.24, 2.45) is 5.73 Å². The summed E-state index contributed by atoms with van der Waals surface area (Å²) in [5.41, 5.74) is 6.92. The van der Waals surface area contributed by atoms with E-state index < -0.39 is 0 Å². The van der Waals surface area contributed by atoms with Crippen molar-refractivity contribution in [2.75, 3.05) is 20.2 Å². The highest BCUT2D eigenvalue weighted by molar-refractivity contribution is 7.80. The number of aliphatic hydroxyl groups is 1. The monoisotopic (exact) mass is 280 g/mol. The first kappa shape index (κ1) is 14.2. The minimum absolute atomic E-state index is 0.126. The minimum Gasteiger partial charge on any atom is -0.496 e. The van der Waals surface area contributed by atoms with Crippen LogP contribution in [-0.2, 0) is 0 Å². The number of thiocarbonyl (C=S) groups is 1. The van der Waals surface area contributed by atoms with Crippen LogP contribution in [0.2, 0.25) is 0 Å². The number of nitrogens with two attached hydrogens (primary N) is 1. The van der Waals surface area contributed by atoms with E-state index in [-0.39, 0.29) is 12.1 Å². The lowest BCUT2D eigenvalue weighted by molar-refractivity contribution is 0.0735. The summed E-state index contributed by atoms with van der Waals surface area (Å²) in [6.45, 7) is 1.59. The fourth-order valence-electron chi connectivity index (χ4n) is 2.57. The van der Waals surface area contributed by atoms with Gasteiger partial charge in [-0.2, -0.15) is 0 Å². The van der Waals surface area contributed by atoms with E-state index in [2.05, 4.69) is 4.90 Å². The van der Waals surface area contributed by atoms with E-state index in [0.717, 1.165) is 37.2 Å². The van der Waals surface area contributed by atoms with Gasteiger partial charge in [0.05, 0.1) is 24.2 Å². The summed E-state index contributed by atoms with van der Waals surface area (Å²) >= 11 is 5.23. The summed E-state index contributed by atoms with van der Waals surface area (Å²) in [4.78, 5) is 2.66. The second-order valence-electron chi connectivity index (χ2n) is 4.81. The number of piperidine rings is 1. The molecule has 2 rings (SSSR count). The molecular weight excluding hydrogens is 260 g/mol. The van der Waals surface area contributed by atoms with E-state index in [1.165, 1.54) is 0 Å². The quantitative estimate of drug-likeness (QED) is 0.818. The molecule has 1 fully saturated rings. The first-order valence-corrected chi connectivity index (χ1v) is 6.88. The number of likely N-dealkylation sites (tertiary alicyclic amines) is 1. The molecule has 1 aliphatic rings. The number of benzene rings is 1. The van der Waals surface area contributed by atoms with Gasteiger partial charge in [0.15, 0.2) is 0 Å². The summed E-state index contributed by atoms with van der Waals surface area (Å²) in [7, 11) is 1.65. The Kier molecular flexibility index (Phi) is 4.74. The lowest BCUT2D eigenvalue weighted by Gasteiger charge is -2.36. The summed E-state index contributed by atoms with van der Waals surface area (Å²) in [6.07, 6.45) is 1.31. The van der Waals surface area contributed by atoms with E-state index in [1.807, 2.05) is 24.3 Å². The molecule has 1 aliphatic heterocycles. The Morgan fingerprint density at radius 2 is 2.05 bits per heavy atom. The third-order valence-electron chi connectivity index (χ3n) is 3.57. The predicted molar refractivity (Wildman–Crippen MR) is 79.3 cm³/mol. The SMILES string of the molecule is COc1ccccc1C(C(N)=S)N1CCC(O)CC1. The van der Waals surface area contributed by atoms with Crippen molar-refractivity contribution in [3.8, 4) is 5.75 Å². The van der Waals surface area contributed by atoms with Crippen molar-refractivity contribution in [1.29, 1.82) is 0 Å². The molecule has 19 heavy (non-hydrogen) atoms. The molecule has 3 N–H and O–H groups in total. The zero-order valence-corrected chi connectivity index (χ0v) is 11.9. The van der Waals surface area contributed by atoms with Gasteiger partial charge in [0.2, 0.25) is 0 Å². The molecule has 0 aliphatic carbocycles. The summed E-state index contributed by atoms with van der Waals surface area (Å²) in [6, 6.07) is 7.67. The number of hydrogen-bond donors (Lipinski definition) is 2. The maximum atomic E-state index is 9.60. The van der Waals surface area contributed by atoms with Crippen LogP contribution >= 0.6 is 12.2 Å². The van der Waals surface area contributed by atoms with E-state index in [4.69, 9.17) is 22.7 Å². The Morgan fingerprint density at radius 3 is 2.63 bits per heavy atom. The fraction of sp³-hybridized carbons (Fsp3) is 0.500. The second-order valence-corrected chi connectivity index (χ2v) is 5.29. The fourth-order valence-corrected chi connectivity index (χ4v) is 2.84. The lowest BCUT2D eigenvalue weighted by Crippen LogP contribution is -2.43. The maximum Gasteiger partial charge on any atom is 0.124 e. The lowest BCUT2D eigenvalue weighted by atomic mass is 9.99. The number of aliphatic hydroxyl groups excluding tert-OH is 1. The van der Waals surface area contributed by atoms with Crippen molar-refractivity contribution in [2.45, 2.75) is 25.0 Å². The molecule has 5 heteroatoms. The van der Waals surface area contributed by atoms with E-state index in [0.29, 0.717) is 4.99 Å². The Bertz CT molecular complexity index is 445. The highest BCUT2D eigenvalue weighted by atomic mass is 32.1. The molecule has 4 nitrogen and oxygen atoms in total. The van der Waals surface area contributed by atoms with Crippen LogP contribution in [0, 0.1) is 0 Å². The number of methoxy groups -OCH3 is 1. The number of rotatable bonds is 4. The van der Waals surface area contributed by atoms with Gasteiger partial charge in [0.25, 0.3) is 0 Å². The number of nitrogens with zero attached hydrogens (tertiary/aromatic N) is 1. The van der Waals surface area contributed by atoms with Crippen molar-refractivity contribution in [3.63, 3.8) is 0 Å². The van der Waals surface area contributed by atoms with Gasteiger partial charge in [-0.1, -0.05) is 30.4 Å². The molecule has 1 aromatic carbocycles. The molecule has 1 atom stereocenters. The minimum atomic E-state index is -0.207. The van der Waals surface area contributed by atoms with Crippen LogP contribution < -0.4 is 10.5 Å². The van der Waals surface area contributed by atoms with Gasteiger partial charge in [-0.25, -0.2) is 0 Å². The van der Waals surface area contributed by atoms with Gasteiger partial charge in [0, 0.05) is 18.7 Å². The van der Waals surface area contributed by atoms with Gasteiger partial charge in [-0.3, -0.25) is 4.90 Å². The van der Waals surface area contributed by atoms with Crippen molar-refractivity contribution in [1.82, 2.24) is 4.90 Å². The molecular formula is C14H20N2O2S. The topological polar surface area (TPSA) is 58.7 Å². The van der Waals surface area contributed by atoms with E-state index in [9.17, 15) is 5.11 Å². The molecule has 1 unspecified atom stereocenters. The smallest absolute Gasteiger partial charge is 0.124 e. The molecule has 1 aromatic rings. The zero-order valence-electron chi connectivity index (χ0n) is 11.1. The average molecular weight is 280 g/mol. The van der Waals surface area contributed by atoms with Crippen molar-refractivity contribution >= 4 is 17.2 Å². The van der Waals surface area contributed by atoms with Gasteiger partial charge >= 0.3 is 0 Å². The molecule has 0 spiro atoms. The average Bonchev–Trinajstić information content (AvgIpc) is 2.41. The largest absolute Gasteiger partial charge is 0.496 e. The third kappa shape index (κ3) is 3.23. The summed E-state index contributed by atoms with van der Waals surface area (Å²) in [5, 5.41) is 9.60. The molecule has 104 valence electrons. The first-order chi connectivity index (χ1) is 9.13. The number of hydrogen-bond acceptors (Lipinski definition) is 4. The highest BCUT2D eigenvalue weighted by Crippen LogP contribution is 2.31. The Balaban J connectivity index is 2.27. The molecule has 0 aromatic heterocycles. The first-order valence-electron chi connectivity index (χ1n) is 6.48. The summed E-state index contributed by atoms with van der Waals surface area (Å²) in [5.74, 6) is 0.798. The van der Waals surface area contributed by atoms with E-state index in [1.54, 1.807) is 7.11 Å². The van der Waals surface area contributed by atoms with Crippen LogP contribution in [0.4, 0.5) is 0 Å². The van der Waals surface area contributed by atoms with Gasteiger partial charge in [-0.05, 0) is 18.9 Å². The van der Waals surface area contributed by atoms with Crippen LogP contribution in [0.25, 0.3) is 0 Å². The highest BCUT2D eigenvalue weighted by Gasteiger charge is 2.28. The summed E-state index contributed by atoms with van der Waals surface area (Å²) < 4.78 is 5.40. The normalized spacial score (nSPS) is 19.1. The number of para-hydroxylation sites is 1. The van der Waals surface area contributed by atoms with Gasteiger partial charge in [-0.15, -0.1) is 0 Å². The third-order valence-corrected chi connectivity index (χ3v) is 3.79. The zero-order chi connectivity index (χ0) is 13.8. The molecule has 1 heterocycles. The van der Waals surface area contributed by atoms with Crippen molar-refractivity contribution < 1.29 is 9.84 Å². The van der Waals surface area contributed by atoms with Gasteiger partial charge < -0.3 is 15.6 Å². The predicted octanol–water partition coefficient (Wildman–Crippen LogP) is 1.48. The van der Waals surface area contributed by atoms with Crippen LogP contribution in [0.15, 0.2) is 24.3 Å².